The maximum absolute atomic E-state index is 12.9. The highest BCUT2D eigenvalue weighted by Gasteiger charge is 2.39. The number of aryl methyl sites for hydroxylation is 1. The Labute approximate surface area is 135 Å². The molecule has 6 heteroatoms. The second-order valence-electron chi connectivity index (χ2n) is 6.33. The molecule has 2 heterocycles. The summed E-state index contributed by atoms with van der Waals surface area (Å²) in [7, 11) is 0. The molecule has 0 aromatic carbocycles. The number of amides is 1. The molecule has 1 aliphatic carbocycles. The zero-order chi connectivity index (χ0) is 16.4. The van der Waals surface area contributed by atoms with Crippen LogP contribution in [-0.2, 0) is 20.7 Å². The topological polar surface area (TPSA) is 80.0 Å². The molecule has 3 atom stereocenters. The predicted molar refractivity (Wildman–Crippen MR) is 81.8 cm³/mol. The molecule has 3 rings (SSSR count). The van der Waals surface area contributed by atoms with Crippen molar-refractivity contribution in [2.45, 2.75) is 38.6 Å². The fourth-order valence-electron chi connectivity index (χ4n) is 3.53. The van der Waals surface area contributed by atoms with Crippen LogP contribution in [0.1, 0.15) is 43.7 Å². The first kappa shape index (κ1) is 16.1. The highest BCUT2D eigenvalue weighted by molar-refractivity contribution is 5.81. The molecule has 1 aromatic heterocycles. The van der Waals surface area contributed by atoms with Gasteiger partial charge in [0.25, 0.3) is 0 Å². The monoisotopic (exact) mass is 321 g/mol. The van der Waals surface area contributed by atoms with Crippen LogP contribution >= 0.6 is 0 Å². The number of carboxylic acids is 1. The summed E-state index contributed by atoms with van der Waals surface area (Å²) in [6.07, 6.45) is 2.49. The zero-order valence-corrected chi connectivity index (χ0v) is 13.4. The van der Waals surface area contributed by atoms with Gasteiger partial charge in [-0.25, -0.2) is 0 Å². The van der Waals surface area contributed by atoms with Gasteiger partial charge in [0.15, 0.2) is 0 Å². The molecule has 1 unspecified atom stereocenters. The molecule has 126 valence electrons. The van der Waals surface area contributed by atoms with Crippen molar-refractivity contribution in [3.63, 3.8) is 0 Å². The molecular weight excluding hydrogens is 298 g/mol. The third kappa shape index (κ3) is 3.27. The first-order valence-electron chi connectivity index (χ1n) is 8.29. The normalized spacial score (nSPS) is 28.0. The number of carboxylic acid groups (broad SMARTS) is 1. The predicted octanol–water partition coefficient (Wildman–Crippen LogP) is 2.24. The lowest BCUT2D eigenvalue weighted by Gasteiger charge is -2.36. The molecular formula is C17H23NO5. The molecule has 1 aromatic rings. The molecule has 2 fully saturated rings. The van der Waals surface area contributed by atoms with Crippen LogP contribution in [0.4, 0.5) is 0 Å². The second-order valence-corrected chi connectivity index (χ2v) is 6.33. The molecule has 1 amide bonds. The maximum Gasteiger partial charge on any atom is 0.306 e. The number of ether oxygens (including phenoxy) is 1. The van der Waals surface area contributed by atoms with Crippen molar-refractivity contribution in [2.24, 2.45) is 11.8 Å². The second kappa shape index (κ2) is 6.74. The number of furan rings is 1. The number of carbonyl (C=O) groups is 2. The van der Waals surface area contributed by atoms with E-state index in [0.717, 1.165) is 17.9 Å². The Morgan fingerprint density at radius 2 is 2.09 bits per heavy atom. The van der Waals surface area contributed by atoms with E-state index in [1.54, 1.807) is 0 Å². The molecule has 2 aliphatic rings. The van der Waals surface area contributed by atoms with Crippen molar-refractivity contribution in [2.75, 3.05) is 19.8 Å². The van der Waals surface area contributed by atoms with Crippen LogP contribution < -0.4 is 0 Å². The largest absolute Gasteiger partial charge is 0.481 e. The van der Waals surface area contributed by atoms with Gasteiger partial charge in [0, 0.05) is 18.9 Å². The van der Waals surface area contributed by atoms with Crippen molar-refractivity contribution < 1.29 is 23.8 Å². The van der Waals surface area contributed by atoms with Crippen molar-refractivity contribution in [3.8, 4) is 0 Å². The van der Waals surface area contributed by atoms with Gasteiger partial charge in [0.05, 0.1) is 19.1 Å². The zero-order valence-electron chi connectivity index (χ0n) is 13.4. The van der Waals surface area contributed by atoms with Gasteiger partial charge in [0.2, 0.25) is 5.91 Å². The Morgan fingerprint density at radius 3 is 2.74 bits per heavy atom. The summed E-state index contributed by atoms with van der Waals surface area (Å²) >= 11 is 0. The van der Waals surface area contributed by atoms with E-state index in [9.17, 15) is 9.59 Å². The molecule has 23 heavy (non-hydrogen) atoms. The fraction of sp³-hybridized carbons (Fsp3) is 0.647. The highest BCUT2D eigenvalue weighted by Crippen LogP contribution is 2.35. The molecule has 6 nitrogen and oxygen atoms in total. The Bertz CT molecular complexity index is 581. The van der Waals surface area contributed by atoms with Gasteiger partial charge in [-0.05, 0) is 31.4 Å². The Hall–Kier alpha value is -1.82. The summed E-state index contributed by atoms with van der Waals surface area (Å²) in [6.45, 7) is 3.49. The van der Waals surface area contributed by atoms with Gasteiger partial charge in [-0.1, -0.05) is 6.92 Å². The quantitative estimate of drug-likeness (QED) is 0.920. The lowest BCUT2D eigenvalue weighted by Crippen LogP contribution is -2.45. The number of carbonyl (C=O) groups excluding carboxylic acids is 1. The van der Waals surface area contributed by atoms with Crippen LogP contribution in [0.15, 0.2) is 16.5 Å². The number of nitrogens with zero attached hydrogens (tertiary/aromatic N) is 1. The number of hydrogen-bond acceptors (Lipinski definition) is 4. The van der Waals surface area contributed by atoms with E-state index in [2.05, 4.69) is 0 Å². The van der Waals surface area contributed by atoms with Crippen LogP contribution in [-0.4, -0.2) is 41.6 Å². The van der Waals surface area contributed by atoms with Crippen molar-refractivity contribution in [1.29, 1.82) is 0 Å². The lowest BCUT2D eigenvalue weighted by atomic mass is 10.0. The number of aliphatic carboxylic acids is 1. The Morgan fingerprint density at radius 1 is 1.30 bits per heavy atom. The van der Waals surface area contributed by atoms with Crippen LogP contribution in [0.3, 0.4) is 0 Å². The Kier molecular flexibility index (Phi) is 4.71. The van der Waals surface area contributed by atoms with Gasteiger partial charge in [-0.15, -0.1) is 0 Å². The van der Waals surface area contributed by atoms with E-state index in [-0.39, 0.29) is 17.9 Å². The SMILES string of the molecule is CCc1ccc(C2COCCN2C(=O)[C@@H]2CC[C@H](C(=O)O)C2)o1. The molecule has 1 N–H and O–H groups in total. The summed E-state index contributed by atoms with van der Waals surface area (Å²) in [4.78, 5) is 25.8. The van der Waals surface area contributed by atoms with E-state index in [1.807, 2.05) is 24.0 Å². The Balaban J connectivity index is 1.73. The maximum atomic E-state index is 12.9. The lowest BCUT2D eigenvalue weighted by molar-refractivity contribution is -0.146. The van der Waals surface area contributed by atoms with E-state index in [4.69, 9.17) is 14.3 Å². The minimum atomic E-state index is -0.794. The molecule has 0 bridgehead atoms. The van der Waals surface area contributed by atoms with Crippen LogP contribution in [0.25, 0.3) is 0 Å². The van der Waals surface area contributed by atoms with Gasteiger partial charge >= 0.3 is 5.97 Å². The summed E-state index contributed by atoms with van der Waals surface area (Å²) in [5.74, 6) is 0.303. The average Bonchev–Trinajstić information content (AvgIpc) is 3.23. The number of rotatable bonds is 4. The smallest absolute Gasteiger partial charge is 0.306 e. The van der Waals surface area contributed by atoms with Gasteiger partial charge < -0.3 is 19.2 Å². The summed E-state index contributed by atoms with van der Waals surface area (Å²) in [5.41, 5.74) is 0. The minimum absolute atomic E-state index is 0.0384. The summed E-state index contributed by atoms with van der Waals surface area (Å²) in [6, 6.07) is 3.64. The first-order chi connectivity index (χ1) is 11.1. The molecule has 0 radical (unpaired) electrons. The number of morpholine rings is 1. The van der Waals surface area contributed by atoms with Gasteiger partial charge in [0.1, 0.15) is 17.6 Å². The summed E-state index contributed by atoms with van der Waals surface area (Å²) < 4.78 is 11.3. The highest BCUT2D eigenvalue weighted by atomic mass is 16.5. The molecule has 1 saturated heterocycles. The molecule has 0 spiro atoms. The fourth-order valence-corrected chi connectivity index (χ4v) is 3.53. The first-order valence-corrected chi connectivity index (χ1v) is 8.29. The molecule has 1 aliphatic heterocycles. The third-order valence-corrected chi connectivity index (χ3v) is 4.90. The summed E-state index contributed by atoms with van der Waals surface area (Å²) in [5, 5.41) is 9.12. The number of hydrogen-bond donors (Lipinski definition) is 1. The standard InChI is InChI=1S/C17H23NO5/c1-2-13-5-6-15(23-13)14-10-22-8-7-18(14)16(19)11-3-4-12(9-11)17(20)21/h5-6,11-12,14H,2-4,7-10H2,1H3,(H,20,21)/t11-,12+,14?/m1/s1. The van der Waals surface area contributed by atoms with Crippen molar-refractivity contribution in [1.82, 2.24) is 4.90 Å². The van der Waals surface area contributed by atoms with Crippen molar-refractivity contribution >= 4 is 11.9 Å². The third-order valence-electron chi connectivity index (χ3n) is 4.90. The van der Waals surface area contributed by atoms with Crippen LogP contribution in [0.5, 0.6) is 0 Å². The van der Waals surface area contributed by atoms with E-state index < -0.39 is 11.9 Å². The minimum Gasteiger partial charge on any atom is -0.481 e. The van der Waals surface area contributed by atoms with E-state index in [1.165, 1.54) is 0 Å². The molecule has 1 saturated carbocycles. The van der Waals surface area contributed by atoms with Gasteiger partial charge in [-0.3, -0.25) is 9.59 Å². The van der Waals surface area contributed by atoms with E-state index >= 15 is 0 Å². The average molecular weight is 321 g/mol. The van der Waals surface area contributed by atoms with Crippen LogP contribution in [0.2, 0.25) is 0 Å². The van der Waals surface area contributed by atoms with Gasteiger partial charge in [-0.2, -0.15) is 0 Å². The van der Waals surface area contributed by atoms with Crippen LogP contribution in [0, 0.1) is 11.8 Å². The van der Waals surface area contributed by atoms with Crippen molar-refractivity contribution in [3.05, 3.63) is 23.7 Å². The van der Waals surface area contributed by atoms with E-state index in [0.29, 0.717) is 39.0 Å².